The van der Waals surface area contributed by atoms with Crippen molar-refractivity contribution < 1.29 is 0 Å². The monoisotopic (exact) mass is 316 g/mol. The average Bonchev–Trinajstić information content (AvgIpc) is 2.07. The van der Waals surface area contributed by atoms with Gasteiger partial charge in [-0.25, -0.2) is 0 Å². The summed E-state index contributed by atoms with van der Waals surface area (Å²) in [5, 5.41) is 0. The second kappa shape index (κ2) is 11.0. The molecule has 4 heteroatoms. The number of hydrogen-bond donors (Lipinski definition) is 1. The van der Waals surface area contributed by atoms with Gasteiger partial charge in [0.15, 0.2) is 0 Å². The Hall–Kier alpha value is 0.880. The van der Waals surface area contributed by atoms with E-state index in [1.807, 2.05) is 0 Å². The van der Waals surface area contributed by atoms with Crippen molar-refractivity contribution in [3.63, 3.8) is 0 Å². The summed E-state index contributed by atoms with van der Waals surface area (Å²) in [7, 11) is 0. The van der Waals surface area contributed by atoms with Crippen LogP contribution in [0.3, 0.4) is 0 Å². The summed E-state index contributed by atoms with van der Waals surface area (Å²) in [5.74, 6) is 0. The third-order valence-electron chi connectivity index (χ3n) is 2.38. The van der Waals surface area contributed by atoms with Crippen molar-refractivity contribution >= 4 is 34.0 Å². The van der Waals surface area contributed by atoms with Crippen LogP contribution in [0, 0.1) is 0 Å². The van der Waals surface area contributed by atoms with Gasteiger partial charge in [0.05, 0.1) is 0 Å². The van der Waals surface area contributed by atoms with Gasteiger partial charge in [0.1, 0.15) is 0 Å². The lowest BCUT2D eigenvalue weighted by molar-refractivity contribution is 0.225. The van der Waals surface area contributed by atoms with E-state index in [0.29, 0.717) is 0 Å². The molecule has 1 rings (SSSR count). The number of piperidine rings is 1. The lowest BCUT2D eigenvalue weighted by Crippen LogP contribution is -2.30. The summed E-state index contributed by atoms with van der Waals surface area (Å²) in [4.78, 5) is 2.57. The highest BCUT2D eigenvalue weighted by Crippen LogP contribution is 2.08. The van der Waals surface area contributed by atoms with Crippen LogP contribution in [-0.4, -0.2) is 31.1 Å². The van der Waals surface area contributed by atoms with E-state index in [2.05, 4.69) is 4.90 Å². The van der Waals surface area contributed by atoms with Crippen LogP contribution in [0.15, 0.2) is 0 Å². The number of nitrogens with two attached hydrogens (primary N) is 1. The summed E-state index contributed by atoms with van der Waals surface area (Å²) < 4.78 is 0. The molecule has 0 aromatic heterocycles. The molecule has 1 fully saturated rings. The number of halogens is 2. The Bertz CT molecular complexity index is 95.6. The Balaban J connectivity index is 0. The minimum atomic E-state index is 0. The first-order chi connectivity index (χ1) is 5.43. The van der Waals surface area contributed by atoms with Crippen molar-refractivity contribution in [1.29, 1.82) is 0 Å². The van der Waals surface area contributed by atoms with Crippen molar-refractivity contribution in [3.05, 3.63) is 0 Å². The minimum Gasteiger partial charge on any atom is -0.330 e. The third kappa shape index (κ3) is 7.91. The van der Waals surface area contributed by atoms with Gasteiger partial charge in [-0.2, -0.15) is 0 Å². The Morgan fingerprint density at radius 3 is 2.08 bits per heavy atom. The number of nitrogens with zero attached hydrogens (tertiary/aromatic N) is 1. The SMILES string of the molecule is Br.Br.NCCCCN1CCCCC1. The molecule has 2 nitrogen and oxygen atoms in total. The normalized spacial score (nSPS) is 17.3. The molecule has 0 aromatic rings. The van der Waals surface area contributed by atoms with Crippen LogP contribution in [0.1, 0.15) is 32.1 Å². The van der Waals surface area contributed by atoms with E-state index in [9.17, 15) is 0 Å². The maximum absolute atomic E-state index is 5.43. The molecule has 0 unspecified atom stereocenters. The van der Waals surface area contributed by atoms with Gasteiger partial charge in [-0.1, -0.05) is 6.42 Å². The quantitative estimate of drug-likeness (QED) is 0.807. The predicted molar refractivity (Wildman–Crippen MR) is 69.2 cm³/mol. The van der Waals surface area contributed by atoms with Gasteiger partial charge in [0.25, 0.3) is 0 Å². The number of likely N-dealkylation sites (tertiary alicyclic amines) is 1. The van der Waals surface area contributed by atoms with Crippen LogP contribution >= 0.6 is 34.0 Å². The summed E-state index contributed by atoms with van der Waals surface area (Å²) in [6, 6.07) is 0. The Kier molecular flexibility index (Phi) is 13.8. The molecular weight excluding hydrogens is 296 g/mol. The van der Waals surface area contributed by atoms with Crippen molar-refractivity contribution in [2.45, 2.75) is 32.1 Å². The first-order valence-electron chi connectivity index (χ1n) is 4.86. The molecule has 0 bridgehead atoms. The van der Waals surface area contributed by atoms with Gasteiger partial charge in [-0.05, 0) is 51.9 Å². The molecule has 0 saturated carbocycles. The fourth-order valence-corrected chi connectivity index (χ4v) is 1.66. The van der Waals surface area contributed by atoms with Crippen LogP contribution < -0.4 is 5.73 Å². The lowest BCUT2D eigenvalue weighted by atomic mass is 10.1. The average molecular weight is 318 g/mol. The van der Waals surface area contributed by atoms with Gasteiger partial charge in [0, 0.05) is 0 Å². The Morgan fingerprint density at radius 1 is 0.923 bits per heavy atom. The van der Waals surface area contributed by atoms with Crippen LogP contribution in [0.5, 0.6) is 0 Å². The van der Waals surface area contributed by atoms with E-state index in [0.717, 1.165) is 6.54 Å². The molecule has 2 N–H and O–H groups in total. The van der Waals surface area contributed by atoms with E-state index in [-0.39, 0.29) is 34.0 Å². The minimum absolute atomic E-state index is 0. The first-order valence-corrected chi connectivity index (χ1v) is 4.86. The van der Waals surface area contributed by atoms with E-state index < -0.39 is 0 Å². The van der Waals surface area contributed by atoms with E-state index in [1.54, 1.807) is 0 Å². The van der Waals surface area contributed by atoms with Crippen molar-refractivity contribution in [1.82, 2.24) is 4.90 Å². The van der Waals surface area contributed by atoms with Gasteiger partial charge >= 0.3 is 0 Å². The Morgan fingerprint density at radius 2 is 1.54 bits per heavy atom. The molecule has 0 atom stereocenters. The predicted octanol–water partition coefficient (Wildman–Crippen LogP) is 2.37. The smallest absolute Gasteiger partial charge is 0.00183 e. The van der Waals surface area contributed by atoms with Crippen LogP contribution in [0.2, 0.25) is 0 Å². The molecule has 13 heavy (non-hydrogen) atoms. The van der Waals surface area contributed by atoms with Crippen LogP contribution in [-0.2, 0) is 0 Å². The Labute approximate surface area is 103 Å². The number of rotatable bonds is 4. The van der Waals surface area contributed by atoms with Crippen LogP contribution in [0.25, 0.3) is 0 Å². The first kappa shape index (κ1) is 16.3. The van der Waals surface area contributed by atoms with E-state index >= 15 is 0 Å². The number of unbranched alkanes of at least 4 members (excludes halogenated alkanes) is 1. The zero-order valence-electron chi connectivity index (χ0n) is 8.21. The highest BCUT2D eigenvalue weighted by Gasteiger charge is 2.08. The molecule has 1 aliphatic heterocycles. The summed E-state index contributed by atoms with van der Waals surface area (Å²) >= 11 is 0. The number of hydrogen-bond acceptors (Lipinski definition) is 2. The fourth-order valence-electron chi connectivity index (χ4n) is 1.66. The topological polar surface area (TPSA) is 29.3 Å². The highest BCUT2D eigenvalue weighted by atomic mass is 79.9. The maximum Gasteiger partial charge on any atom is -0.00183 e. The maximum atomic E-state index is 5.43. The standard InChI is InChI=1S/C9H20N2.2BrH/c10-6-2-5-9-11-7-3-1-4-8-11;;/h1-10H2;2*1H. The van der Waals surface area contributed by atoms with E-state index in [4.69, 9.17) is 5.73 Å². The third-order valence-corrected chi connectivity index (χ3v) is 2.38. The largest absolute Gasteiger partial charge is 0.330 e. The van der Waals surface area contributed by atoms with E-state index in [1.165, 1.54) is 51.7 Å². The van der Waals surface area contributed by atoms with Crippen molar-refractivity contribution in [2.75, 3.05) is 26.2 Å². The highest BCUT2D eigenvalue weighted by molar-refractivity contribution is 8.93. The summed E-state index contributed by atoms with van der Waals surface area (Å²) in [5.41, 5.74) is 5.43. The van der Waals surface area contributed by atoms with Gasteiger partial charge in [0.2, 0.25) is 0 Å². The fraction of sp³-hybridized carbons (Fsp3) is 1.00. The van der Waals surface area contributed by atoms with Gasteiger partial charge < -0.3 is 10.6 Å². The zero-order valence-corrected chi connectivity index (χ0v) is 11.6. The molecule has 1 aliphatic rings. The molecule has 0 aliphatic carbocycles. The van der Waals surface area contributed by atoms with Gasteiger partial charge in [-0.15, -0.1) is 34.0 Å². The molecule has 0 radical (unpaired) electrons. The summed E-state index contributed by atoms with van der Waals surface area (Å²) in [6.07, 6.45) is 6.73. The second-order valence-corrected chi connectivity index (χ2v) is 3.40. The molecular formula is C9H22Br2N2. The van der Waals surface area contributed by atoms with Crippen molar-refractivity contribution in [3.8, 4) is 0 Å². The second-order valence-electron chi connectivity index (χ2n) is 3.40. The molecule has 0 amide bonds. The van der Waals surface area contributed by atoms with Crippen molar-refractivity contribution in [2.24, 2.45) is 5.73 Å². The zero-order chi connectivity index (χ0) is 7.94. The molecule has 1 heterocycles. The van der Waals surface area contributed by atoms with Gasteiger partial charge in [-0.3, -0.25) is 0 Å². The molecule has 0 aromatic carbocycles. The lowest BCUT2D eigenvalue weighted by Gasteiger charge is -2.26. The molecule has 1 saturated heterocycles. The molecule has 82 valence electrons. The molecule has 0 spiro atoms. The van der Waals surface area contributed by atoms with Crippen LogP contribution in [0.4, 0.5) is 0 Å². The summed E-state index contributed by atoms with van der Waals surface area (Å²) in [6.45, 7) is 4.78.